The first-order valence-electron chi connectivity index (χ1n) is 11.5. The van der Waals surface area contributed by atoms with Crippen LogP contribution in [0.2, 0.25) is 0 Å². The topological polar surface area (TPSA) is 91.3 Å². The summed E-state index contributed by atoms with van der Waals surface area (Å²) in [6, 6.07) is 10.8. The molecular formula is C24H31N3O5S. The second-order valence-corrected chi connectivity index (χ2v) is 9.36. The third kappa shape index (κ3) is 6.77. The van der Waals surface area contributed by atoms with Gasteiger partial charge in [-0.3, -0.25) is 15.0 Å². The van der Waals surface area contributed by atoms with Crippen LogP contribution in [0.3, 0.4) is 0 Å². The number of aliphatic hydroxyl groups excluding tert-OH is 1. The van der Waals surface area contributed by atoms with Gasteiger partial charge in [-0.1, -0.05) is 6.07 Å². The van der Waals surface area contributed by atoms with Crippen LogP contribution in [0.5, 0.6) is 0 Å². The number of carbonyl (C=O) groups excluding carboxylic acids is 2. The summed E-state index contributed by atoms with van der Waals surface area (Å²) in [7, 11) is 0. The first kappa shape index (κ1) is 23.7. The first-order chi connectivity index (χ1) is 16.1. The number of aliphatic hydroxyl groups is 1. The molecule has 2 N–H and O–H groups in total. The molecule has 0 bridgehead atoms. The Bertz CT molecular complexity index is 891. The maximum atomic E-state index is 12.6. The largest absolute Gasteiger partial charge is 0.440 e. The maximum Gasteiger partial charge on any atom is 0.412 e. The molecule has 0 spiro atoms. The maximum absolute atomic E-state index is 12.6. The van der Waals surface area contributed by atoms with Gasteiger partial charge >= 0.3 is 6.09 Å². The number of morpholine rings is 1. The lowest BCUT2D eigenvalue weighted by Crippen LogP contribution is -2.40. The Morgan fingerprint density at radius 2 is 1.85 bits per heavy atom. The zero-order valence-electron chi connectivity index (χ0n) is 18.7. The van der Waals surface area contributed by atoms with Crippen LogP contribution in [0, 0.1) is 0 Å². The number of rotatable bonds is 7. The third-order valence-electron chi connectivity index (χ3n) is 6.05. The molecule has 178 valence electrons. The highest BCUT2D eigenvalue weighted by atomic mass is 32.1. The van der Waals surface area contributed by atoms with Gasteiger partial charge in [-0.15, -0.1) is 11.3 Å². The molecule has 2 aromatic rings. The van der Waals surface area contributed by atoms with Crippen molar-refractivity contribution in [1.82, 2.24) is 9.80 Å². The minimum atomic E-state index is -0.514. The highest BCUT2D eigenvalue weighted by Gasteiger charge is 2.23. The minimum absolute atomic E-state index is 0.0584. The number of anilines is 1. The molecule has 1 atom stereocenters. The van der Waals surface area contributed by atoms with E-state index in [1.807, 2.05) is 17.5 Å². The molecule has 3 heterocycles. The fraction of sp³-hybridized carbons (Fsp3) is 0.500. The summed E-state index contributed by atoms with van der Waals surface area (Å²) in [4.78, 5) is 30.3. The summed E-state index contributed by atoms with van der Waals surface area (Å²) < 4.78 is 11.2. The van der Waals surface area contributed by atoms with Crippen LogP contribution < -0.4 is 5.32 Å². The SMILES string of the molecule is O=C(Nc1ccc(C(=O)N2CCC(O)CC2)cc1)OC(CCN1CCOCC1)c1cccs1. The molecule has 2 saturated heterocycles. The van der Waals surface area contributed by atoms with Crippen molar-refractivity contribution in [3.8, 4) is 0 Å². The summed E-state index contributed by atoms with van der Waals surface area (Å²) in [5.41, 5.74) is 1.14. The number of ether oxygens (including phenoxy) is 2. The minimum Gasteiger partial charge on any atom is -0.440 e. The second kappa shape index (κ2) is 11.6. The number of nitrogens with zero attached hydrogens (tertiary/aromatic N) is 2. The molecule has 0 radical (unpaired) electrons. The molecule has 8 nitrogen and oxygen atoms in total. The van der Waals surface area contributed by atoms with E-state index in [1.54, 1.807) is 40.5 Å². The molecule has 2 amide bonds. The zero-order valence-corrected chi connectivity index (χ0v) is 19.5. The smallest absolute Gasteiger partial charge is 0.412 e. The van der Waals surface area contributed by atoms with Gasteiger partial charge in [0, 0.05) is 55.3 Å². The summed E-state index contributed by atoms with van der Waals surface area (Å²) in [5.74, 6) is -0.0584. The Balaban J connectivity index is 1.30. The Morgan fingerprint density at radius 3 is 2.52 bits per heavy atom. The Hall–Kier alpha value is -2.46. The van der Waals surface area contributed by atoms with E-state index < -0.39 is 6.09 Å². The molecule has 33 heavy (non-hydrogen) atoms. The number of amides is 2. The number of carbonyl (C=O) groups is 2. The van der Waals surface area contributed by atoms with Gasteiger partial charge in [0.05, 0.1) is 19.3 Å². The van der Waals surface area contributed by atoms with E-state index in [1.165, 1.54) is 0 Å². The van der Waals surface area contributed by atoms with Crippen molar-refractivity contribution in [2.24, 2.45) is 0 Å². The monoisotopic (exact) mass is 473 g/mol. The zero-order chi connectivity index (χ0) is 23.0. The van der Waals surface area contributed by atoms with Gasteiger partial charge in [-0.05, 0) is 48.6 Å². The Kier molecular flexibility index (Phi) is 8.33. The summed E-state index contributed by atoms with van der Waals surface area (Å²) in [6.07, 6.45) is 0.773. The quantitative estimate of drug-likeness (QED) is 0.641. The molecular weight excluding hydrogens is 442 g/mol. The molecule has 2 aliphatic rings. The van der Waals surface area contributed by atoms with Crippen molar-refractivity contribution in [2.45, 2.75) is 31.5 Å². The number of hydrogen-bond acceptors (Lipinski definition) is 7. The van der Waals surface area contributed by atoms with E-state index >= 15 is 0 Å². The summed E-state index contributed by atoms with van der Waals surface area (Å²) in [6.45, 7) is 5.22. The van der Waals surface area contributed by atoms with Crippen LogP contribution in [-0.4, -0.2) is 78.9 Å². The summed E-state index contributed by atoms with van der Waals surface area (Å²) >= 11 is 1.58. The van der Waals surface area contributed by atoms with Crippen LogP contribution in [0.4, 0.5) is 10.5 Å². The van der Waals surface area contributed by atoms with Crippen molar-refractivity contribution >= 4 is 29.0 Å². The number of likely N-dealkylation sites (tertiary alicyclic amines) is 1. The average molecular weight is 474 g/mol. The van der Waals surface area contributed by atoms with Gasteiger partial charge in [0.15, 0.2) is 0 Å². The van der Waals surface area contributed by atoms with E-state index in [0.29, 0.717) is 43.6 Å². The third-order valence-corrected chi connectivity index (χ3v) is 7.02. The molecule has 9 heteroatoms. The van der Waals surface area contributed by atoms with Gasteiger partial charge in [-0.25, -0.2) is 4.79 Å². The van der Waals surface area contributed by atoms with Gasteiger partial charge in [0.2, 0.25) is 0 Å². The van der Waals surface area contributed by atoms with Crippen molar-refractivity contribution in [2.75, 3.05) is 51.3 Å². The predicted octanol–water partition coefficient (Wildman–Crippen LogP) is 3.36. The lowest BCUT2D eigenvalue weighted by atomic mass is 10.1. The van der Waals surface area contributed by atoms with E-state index in [2.05, 4.69) is 10.2 Å². The van der Waals surface area contributed by atoms with Crippen LogP contribution in [-0.2, 0) is 9.47 Å². The Labute approximate surface area is 198 Å². The fourth-order valence-corrected chi connectivity index (χ4v) is 4.87. The van der Waals surface area contributed by atoms with Crippen LogP contribution in [0.25, 0.3) is 0 Å². The van der Waals surface area contributed by atoms with E-state index in [4.69, 9.17) is 9.47 Å². The van der Waals surface area contributed by atoms with Crippen molar-refractivity contribution in [1.29, 1.82) is 0 Å². The molecule has 1 aromatic carbocycles. The summed E-state index contributed by atoms with van der Waals surface area (Å²) in [5, 5.41) is 14.4. The molecule has 0 saturated carbocycles. The van der Waals surface area contributed by atoms with Crippen molar-refractivity contribution in [3.05, 3.63) is 52.2 Å². The molecule has 4 rings (SSSR count). The fourth-order valence-electron chi connectivity index (χ4n) is 4.08. The van der Waals surface area contributed by atoms with Gasteiger partial charge < -0.3 is 19.5 Å². The number of thiophene rings is 1. The average Bonchev–Trinajstić information content (AvgIpc) is 3.38. The number of hydrogen-bond donors (Lipinski definition) is 2. The van der Waals surface area contributed by atoms with E-state index in [9.17, 15) is 14.7 Å². The Morgan fingerprint density at radius 1 is 1.12 bits per heavy atom. The second-order valence-electron chi connectivity index (χ2n) is 8.38. The molecule has 0 aliphatic carbocycles. The van der Waals surface area contributed by atoms with Gasteiger partial charge in [0.25, 0.3) is 5.91 Å². The first-order valence-corrected chi connectivity index (χ1v) is 12.3. The standard InChI is InChI=1S/C24H31N3O5S/c28-20-7-11-27(12-8-20)23(29)18-3-5-19(6-4-18)25-24(30)32-21(22-2-1-17-33-22)9-10-26-13-15-31-16-14-26/h1-6,17,20-21,28H,7-16H2,(H,25,30). The van der Waals surface area contributed by atoms with E-state index in [-0.39, 0.29) is 18.1 Å². The number of piperidine rings is 1. The highest BCUT2D eigenvalue weighted by molar-refractivity contribution is 7.10. The van der Waals surface area contributed by atoms with Crippen LogP contribution in [0.15, 0.2) is 41.8 Å². The normalized spacial score (nSPS) is 18.6. The van der Waals surface area contributed by atoms with Gasteiger partial charge in [0.1, 0.15) is 6.10 Å². The van der Waals surface area contributed by atoms with E-state index in [0.717, 1.165) is 37.7 Å². The molecule has 1 aromatic heterocycles. The lowest BCUT2D eigenvalue weighted by molar-refractivity contribution is 0.0284. The van der Waals surface area contributed by atoms with Gasteiger partial charge in [-0.2, -0.15) is 0 Å². The van der Waals surface area contributed by atoms with Crippen molar-refractivity contribution < 1.29 is 24.2 Å². The molecule has 1 unspecified atom stereocenters. The number of benzene rings is 1. The molecule has 2 fully saturated rings. The lowest BCUT2D eigenvalue weighted by Gasteiger charge is -2.29. The van der Waals surface area contributed by atoms with Crippen LogP contribution in [0.1, 0.15) is 40.6 Å². The predicted molar refractivity (Wildman–Crippen MR) is 127 cm³/mol. The van der Waals surface area contributed by atoms with Crippen LogP contribution >= 0.6 is 11.3 Å². The highest BCUT2D eigenvalue weighted by Crippen LogP contribution is 2.27. The molecule has 2 aliphatic heterocycles. The number of nitrogens with one attached hydrogen (secondary N) is 1. The van der Waals surface area contributed by atoms with Crippen molar-refractivity contribution in [3.63, 3.8) is 0 Å².